The van der Waals surface area contributed by atoms with Gasteiger partial charge in [0, 0.05) is 52.2 Å². The van der Waals surface area contributed by atoms with Crippen LogP contribution in [0.15, 0.2) is 46.2 Å². The third kappa shape index (κ3) is 16.1. The number of piperidine rings is 2. The maximum atomic E-state index is 12.9. The molecule has 6 rings (SSSR count). The number of nitrogens with one attached hydrogen (secondary N) is 2. The molecule has 11 nitrogen and oxygen atoms in total. The van der Waals surface area contributed by atoms with Crippen LogP contribution in [0.25, 0.3) is 0 Å². The number of amides is 6. The Hall–Kier alpha value is -3.27. The van der Waals surface area contributed by atoms with Crippen molar-refractivity contribution >= 4 is 74.9 Å². The van der Waals surface area contributed by atoms with E-state index in [0.717, 1.165) is 70.2 Å². The van der Waals surface area contributed by atoms with Crippen LogP contribution in [0.2, 0.25) is 0 Å². The van der Waals surface area contributed by atoms with Gasteiger partial charge in [0.05, 0.1) is 8.52 Å². The summed E-state index contributed by atoms with van der Waals surface area (Å²) < 4.78 is 15.5. The highest BCUT2D eigenvalue weighted by Gasteiger charge is 2.41. The highest BCUT2D eigenvalue weighted by molar-refractivity contribution is 9.09. The standard InChI is InChI=1S/C22H31N3O3S.C18H21BrN2O3S.C5H12.CH3F.CH4/c1-3-24(4-2)13-6-5-7-14-29-19-10-8-9-16-17(19)15-25(22(16)28)18-11-12-20(26)23-21(18)27;19-9-2-1-3-10-25-15-6-4-5-12-13(15)11-21(18(12)24)14-7-8-16(22)20-17(14)23;1-3-5-4-2;1-2;/h8-10,18H,3-7,11-15H2,1-2H3,(H,23,26,27);4-6,14H,1-3,7-11H2,(H,20,22,23);3-5H2,1-2H3;1H3;1H4/i;;;1D;. The summed E-state index contributed by atoms with van der Waals surface area (Å²) in [5.41, 5.74) is 3.43. The first-order valence-electron chi connectivity index (χ1n) is 22.6. The molecule has 2 saturated heterocycles. The number of halogens is 2. The number of rotatable bonds is 19. The zero-order valence-electron chi connectivity index (χ0n) is 37.5. The lowest BCUT2D eigenvalue weighted by molar-refractivity contribution is -0.138. The van der Waals surface area contributed by atoms with Gasteiger partial charge in [-0.05, 0) is 105 Å². The zero-order chi connectivity index (χ0) is 45.4. The van der Waals surface area contributed by atoms with Crippen molar-refractivity contribution in [3.8, 4) is 0 Å². The lowest BCUT2D eigenvalue weighted by atomic mass is 10.0. The number of nitrogens with zero attached hydrogens (tertiary/aromatic N) is 3. The number of fused-ring (bicyclic) bond motifs is 2. The minimum atomic E-state index is -1.00. The van der Waals surface area contributed by atoms with Crippen molar-refractivity contribution in [2.75, 3.05) is 43.6 Å². The summed E-state index contributed by atoms with van der Waals surface area (Å²) in [6.45, 7) is 13.1. The van der Waals surface area contributed by atoms with Crippen LogP contribution in [0.4, 0.5) is 4.39 Å². The monoisotopic (exact) mass is 964 g/mol. The second-order valence-corrected chi connectivity index (χ2v) is 18.3. The summed E-state index contributed by atoms with van der Waals surface area (Å²) in [5.74, 6) is 0.614. The van der Waals surface area contributed by atoms with E-state index < -0.39 is 19.2 Å². The summed E-state index contributed by atoms with van der Waals surface area (Å²) >= 11 is 7.02. The quantitative estimate of drug-likeness (QED) is 0.0611. The smallest absolute Gasteiger partial charge is 0.255 e. The van der Waals surface area contributed by atoms with Crippen molar-refractivity contribution in [3.05, 3.63) is 58.7 Å². The average Bonchev–Trinajstić information content (AvgIpc) is 3.78. The summed E-state index contributed by atoms with van der Waals surface area (Å²) in [7, 11) is -1.00. The van der Waals surface area contributed by atoms with E-state index >= 15 is 0 Å². The number of hydrogen-bond donors (Lipinski definition) is 2. The van der Waals surface area contributed by atoms with Crippen LogP contribution < -0.4 is 10.6 Å². The van der Waals surface area contributed by atoms with E-state index in [4.69, 9.17) is 1.37 Å². The molecule has 62 heavy (non-hydrogen) atoms. The summed E-state index contributed by atoms with van der Waals surface area (Å²) in [6.07, 6.45) is 12.5. The van der Waals surface area contributed by atoms with E-state index in [9.17, 15) is 33.2 Å². The molecule has 15 heteroatoms. The Morgan fingerprint density at radius 3 is 1.50 bits per heavy atom. The van der Waals surface area contributed by atoms with Gasteiger partial charge in [-0.25, -0.2) is 0 Å². The molecule has 2 aromatic rings. The van der Waals surface area contributed by atoms with Crippen LogP contribution in [0, 0.1) is 0 Å². The number of alkyl halides is 2. The van der Waals surface area contributed by atoms with E-state index in [-0.39, 0.29) is 55.7 Å². The Balaban J connectivity index is 0.000000368. The molecule has 2 aromatic carbocycles. The molecule has 4 aliphatic heterocycles. The average molecular weight is 966 g/mol. The molecule has 2 fully saturated rings. The topological polar surface area (TPSA) is 136 Å². The first-order chi connectivity index (χ1) is 30.0. The molecular weight excluding hydrogens is 894 g/mol. The number of thioether (sulfide) groups is 2. The lowest BCUT2D eigenvalue weighted by Gasteiger charge is -2.29. The van der Waals surface area contributed by atoms with Gasteiger partial charge in [-0.3, -0.25) is 43.8 Å². The first-order valence-corrected chi connectivity index (χ1v) is 25.0. The van der Waals surface area contributed by atoms with Crippen LogP contribution in [0.5, 0.6) is 0 Å². The predicted octanol–water partition coefficient (Wildman–Crippen LogP) is 9.58. The Labute approximate surface area is 388 Å². The number of hydrogen-bond acceptors (Lipinski definition) is 9. The Morgan fingerprint density at radius 1 is 0.694 bits per heavy atom. The van der Waals surface area contributed by atoms with Crippen molar-refractivity contribution in [3.63, 3.8) is 0 Å². The highest BCUT2D eigenvalue weighted by atomic mass is 79.9. The van der Waals surface area contributed by atoms with Crippen molar-refractivity contribution < 1.29 is 34.5 Å². The third-order valence-electron chi connectivity index (χ3n) is 11.1. The second-order valence-electron chi connectivity index (χ2n) is 15.3. The Morgan fingerprint density at radius 2 is 1.13 bits per heavy atom. The normalized spacial score (nSPS) is 18.0. The summed E-state index contributed by atoms with van der Waals surface area (Å²) in [5, 5.41) is 5.73. The lowest BCUT2D eigenvalue weighted by Crippen LogP contribution is -2.52. The third-order valence-corrected chi connectivity index (χ3v) is 14.0. The minimum absolute atomic E-state index is 0. The van der Waals surface area contributed by atoms with E-state index in [1.807, 2.05) is 24.3 Å². The van der Waals surface area contributed by atoms with Crippen LogP contribution in [-0.2, 0) is 32.3 Å². The fourth-order valence-electron chi connectivity index (χ4n) is 7.63. The number of carbonyl (C=O) groups is 6. The predicted molar refractivity (Wildman–Crippen MR) is 255 cm³/mol. The molecule has 4 aliphatic rings. The van der Waals surface area contributed by atoms with Gasteiger partial charge in [-0.2, -0.15) is 0 Å². The van der Waals surface area contributed by atoms with Gasteiger partial charge >= 0.3 is 0 Å². The van der Waals surface area contributed by atoms with E-state index in [0.29, 0.717) is 37.1 Å². The van der Waals surface area contributed by atoms with E-state index in [2.05, 4.69) is 71.3 Å². The molecule has 2 N–H and O–H groups in total. The molecule has 6 amide bonds. The highest BCUT2D eigenvalue weighted by Crippen LogP contribution is 2.36. The van der Waals surface area contributed by atoms with Gasteiger partial charge in [0.1, 0.15) is 12.1 Å². The summed E-state index contributed by atoms with van der Waals surface area (Å²) in [4.78, 5) is 80.6. The minimum Gasteiger partial charge on any atom is -0.322 e. The molecule has 0 radical (unpaired) electrons. The number of unbranched alkanes of at least 4 members (excludes halogenated alkanes) is 6. The molecule has 346 valence electrons. The molecular formula is C47H71BrFN5O6S2. The molecule has 0 saturated carbocycles. The largest absolute Gasteiger partial charge is 0.322 e. The summed E-state index contributed by atoms with van der Waals surface area (Å²) in [6, 6.07) is 10.5. The van der Waals surface area contributed by atoms with Crippen molar-refractivity contribution in [1.82, 2.24) is 25.3 Å². The molecule has 0 aliphatic carbocycles. The number of benzene rings is 2. The maximum Gasteiger partial charge on any atom is 0.255 e. The fraction of sp³-hybridized carbons (Fsp3) is 0.617. The Kier molecular flexibility index (Phi) is 25.7. The molecule has 2 atom stereocenters. The van der Waals surface area contributed by atoms with Crippen LogP contribution in [-0.4, -0.2) is 106 Å². The van der Waals surface area contributed by atoms with Gasteiger partial charge in [0.15, 0.2) is 0 Å². The van der Waals surface area contributed by atoms with Crippen LogP contribution in [0.3, 0.4) is 0 Å². The van der Waals surface area contributed by atoms with Crippen molar-refractivity contribution in [2.24, 2.45) is 0 Å². The molecule has 0 bridgehead atoms. The van der Waals surface area contributed by atoms with Crippen LogP contribution in [0.1, 0.15) is 152 Å². The first kappa shape index (κ1) is 53.1. The number of imide groups is 2. The van der Waals surface area contributed by atoms with Gasteiger partial charge in [-0.15, -0.1) is 23.5 Å². The van der Waals surface area contributed by atoms with E-state index in [1.54, 1.807) is 33.3 Å². The SMILES string of the molecule is C.CCCCC.CCN(CC)CCCCCSc1cccc2c1CN(C1CCC(=O)NC1=O)C2=O.O=C1CCC(N2Cc3c(SCCCCCBr)cccc3C2=O)C(=O)N1.[2H]CF. The fourth-order valence-corrected chi connectivity index (χ4v) is 10.2. The van der Waals surface area contributed by atoms with Gasteiger partial charge < -0.3 is 14.7 Å². The van der Waals surface area contributed by atoms with Gasteiger partial charge in [-0.1, -0.05) is 95.3 Å². The molecule has 0 spiro atoms. The van der Waals surface area contributed by atoms with Crippen molar-refractivity contribution in [1.29, 1.82) is 0 Å². The maximum absolute atomic E-state index is 12.9. The zero-order valence-corrected chi connectivity index (χ0v) is 39.8. The molecule has 2 unspecified atom stereocenters. The van der Waals surface area contributed by atoms with Crippen LogP contribution >= 0.6 is 39.5 Å². The van der Waals surface area contributed by atoms with E-state index in [1.165, 1.54) is 44.9 Å². The second kappa shape index (κ2) is 30.0. The van der Waals surface area contributed by atoms with Gasteiger partial charge in [0.2, 0.25) is 23.6 Å². The van der Waals surface area contributed by atoms with Gasteiger partial charge in [0.25, 0.3) is 11.8 Å². The number of carbonyl (C=O) groups excluding carboxylic acids is 6. The Bertz CT molecular complexity index is 1790. The van der Waals surface area contributed by atoms with Crippen molar-refractivity contribution in [2.45, 2.75) is 154 Å². The molecule has 4 heterocycles. The molecule has 0 aromatic heterocycles.